The van der Waals surface area contributed by atoms with Gasteiger partial charge in [0.1, 0.15) is 23.9 Å². The number of carbonyl (C=O) groups is 2. The molecule has 1 aromatic carbocycles. The lowest BCUT2D eigenvalue weighted by Gasteiger charge is -2.42. The summed E-state index contributed by atoms with van der Waals surface area (Å²) in [5.41, 5.74) is -0.442. The van der Waals surface area contributed by atoms with Gasteiger partial charge in [-0.25, -0.2) is 4.79 Å². The number of benzene rings is 1. The highest BCUT2D eigenvalue weighted by Gasteiger charge is 2.44. The van der Waals surface area contributed by atoms with E-state index in [1.807, 2.05) is 14.0 Å². The molecule has 2 aliphatic heterocycles. The van der Waals surface area contributed by atoms with Gasteiger partial charge in [-0.15, -0.1) is 11.8 Å². The third kappa shape index (κ3) is 8.06. The summed E-state index contributed by atoms with van der Waals surface area (Å²) in [4.78, 5) is 27.5. The van der Waals surface area contributed by atoms with E-state index >= 15 is 0 Å². The van der Waals surface area contributed by atoms with E-state index < -0.39 is 41.9 Å². The monoisotopic (exact) mass is 554 g/mol. The van der Waals surface area contributed by atoms with Crippen LogP contribution in [0.4, 0.5) is 0 Å². The summed E-state index contributed by atoms with van der Waals surface area (Å²) in [6, 6.07) is 5.02. The molecule has 1 amide bonds. The molecule has 3 rings (SSSR count). The number of aliphatic hydroxyl groups excluding tert-OH is 2. The van der Waals surface area contributed by atoms with E-state index in [-0.39, 0.29) is 36.3 Å². The van der Waals surface area contributed by atoms with Crippen molar-refractivity contribution in [1.82, 2.24) is 10.2 Å². The molecule has 4 N–H and O–H groups in total. The van der Waals surface area contributed by atoms with Crippen molar-refractivity contribution < 1.29 is 39.1 Å². The van der Waals surface area contributed by atoms with E-state index in [0.29, 0.717) is 11.7 Å². The van der Waals surface area contributed by atoms with Crippen LogP contribution >= 0.6 is 11.8 Å². The molecular weight excluding hydrogens is 512 g/mol. The van der Waals surface area contributed by atoms with E-state index in [9.17, 15) is 24.9 Å². The minimum Gasteiger partial charge on any atom is -0.508 e. The summed E-state index contributed by atoms with van der Waals surface area (Å²) in [6.45, 7) is 4.90. The van der Waals surface area contributed by atoms with Gasteiger partial charge in [0.05, 0.1) is 36.0 Å². The third-order valence-electron chi connectivity index (χ3n) is 7.32. The molecule has 10 nitrogen and oxygen atoms in total. The predicted octanol–water partition coefficient (Wildman–Crippen LogP) is 1.76. The van der Waals surface area contributed by atoms with Crippen molar-refractivity contribution in [3.8, 4) is 5.75 Å². The largest absolute Gasteiger partial charge is 0.508 e. The number of nitrogens with zero attached hydrogens (tertiary/aromatic N) is 1. The summed E-state index contributed by atoms with van der Waals surface area (Å²) in [6.07, 6.45) is -0.137. The lowest BCUT2D eigenvalue weighted by Crippen LogP contribution is -2.61. The molecule has 38 heavy (non-hydrogen) atoms. The van der Waals surface area contributed by atoms with Crippen molar-refractivity contribution in [1.29, 1.82) is 0 Å². The van der Waals surface area contributed by atoms with Gasteiger partial charge >= 0.3 is 5.97 Å². The van der Waals surface area contributed by atoms with E-state index in [0.717, 1.165) is 25.8 Å². The van der Waals surface area contributed by atoms with Crippen molar-refractivity contribution >= 4 is 23.6 Å². The molecule has 0 aromatic heterocycles. The van der Waals surface area contributed by atoms with Crippen molar-refractivity contribution in [2.75, 3.05) is 33.1 Å². The second-order valence-electron chi connectivity index (χ2n) is 10.2. The summed E-state index contributed by atoms with van der Waals surface area (Å²) in [5, 5.41) is 34.0. The fraction of sp³-hybridized carbons (Fsp3) is 0.704. The van der Waals surface area contributed by atoms with E-state index in [1.54, 1.807) is 19.2 Å². The van der Waals surface area contributed by atoms with E-state index in [4.69, 9.17) is 14.2 Å². The average molecular weight is 555 g/mol. The van der Waals surface area contributed by atoms with Crippen LogP contribution in [-0.4, -0.2) is 107 Å². The number of amides is 1. The first-order valence-electron chi connectivity index (χ1n) is 13.3. The number of methoxy groups -OCH3 is 1. The molecule has 1 aromatic rings. The van der Waals surface area contributed by atoms with Crippen LogP contribution in [0.1, 0.15) is 49.9 Å². The third-order valence-corrected chi connectivity index (χ3v) is 8.48. The van der Waals surface area contributed by atoms with Crippen LogP contribution in [0.2, 0.25) is 0 Å². The first kappa shape index (κ1) is 30.6. The summed E-state index contributed by atoms with van der Waals surface area (Å²) in [5.74, 6) is 0.120. The van der Waals surface area contributed by atoms with E-state index in [1.165, 1.54) is 23.9 Å². The number of nitrogens with one attached hydrogen (secondary N) is 1. The second-order valence-corrected chi connectivity index (χ2v) is 11.4. The maximum Gasteiger partial charge on any atom is 0.338 e. The number of aromatic hydroxyl groups is 1. The van der Waals surface area contributed by atoms with Crippen molar-refractivity contribution in [2.45, 2.75) is 81.5 Å². The zero-order valence-electron chi connectivity index (χ0n) is 22.6. The number of aliphatic hydroxyl groups is 2. The lowest BCUT2D eigenvalue weighted by molar-refractivity contribution is -0.163. The lowest BCUT2D eigenvalue weighted by atomic mass is 9.93. The molecule has 0 unspecified atom stereocenters. The van der Waals surface area contributed by atoms with Crippen LogP contribution in [0, 0.1) is 5.92 Å². The Kier molecular flexibility index (Phi) is 11.7. The fourth-order valence-electron chi connectivity index (χ4n) is 5.22. The quantitative estimate of drug-likeness (QED) is 0.223. The van der Waals surface area contributed by atoms with Crippen molar-refractivity contribution in [2.24, 2.45) is 5.92 Å². The zero-order chi connectivity index (χ0) is 27.8. The van der Waals surface area contributed by atoms with Crippen LogP contribution in [-0.2, 0) is 19.0 Å². The van der Waals surface area contributed by atoms with Gasteiger partial charge in [-0.1, -0.05) is 19.4 Å². The second kappa shape index (κ2) is 14.5. The molecule has 2 heterocycles. The summed E-state index contributed by atoms with van der Waals surface area (Å²) in [7, 11) is 3.50. The van der Waals surface area contributed by atoms with Gasteiger partial charge in [0, 0.05) is 25.8 Å². The Hall–Kier alpha value is -1.89. The normalized spacial score (nSPS) is 29.5. The molecule has 2 fully saturated rings. The Balaban J connectivity index is 1.58. The van der Waals surface area contributed by atoms with Crippen LogP contribution in [0.3, 0.4) is 0 Å². The Labute approximate surface area is 229 Å². The Morgan fingerprint density at radius 3 is 2.71 bits per heavy atom. The standard InChI is InChI=1S/C27H42N2O8S/c1-5-7-17-12-20(29(3)15-17)25(33)28-23(16(2)35-4)24-21(31)14-22(32)27(37-24)38-11-10-36-26(34)18-8-6-9-19(30)13-18/h6,8-9,13,16-17,20-24,27,30-32H,5,7,10-12,14-15H2,1-4H3,(H,28,33)/t16-,17-,20+,21-,22-,23-,24+,27-/m1/s1. The molecule has 11 heteroatoms. The number of esters is 1. The number of thioether (sulfide) groups is 1. The highest BCUT2D eigenvalue weighted by molar-refractivity contribution is 7.99. The molecular formula is C27H42N2O8S. The molecule has 8 atom stereocenters. The van der Waals surface area contributed by atoms with Gasteiger partial charge < -0.3 is 34.8 Å². The van der Waals surface area contributed by atoms with Crippen LogP contribution < -0.4 is 5.32 Å². The van der Waals surface area contributed by atoms with Crippen LogP contribution in [0.5, 0.6) is 5.75 Å². The van der Waals surface area contributed by atoms with Gasteiger partial charge in [0.15, 0.2) is 0 Å². The van der Waals surface area contributed by atoms with E-state index in [2.05, 4.69) is 17.1 Å². The summed E-state index contributed by atoms with van der Waals surface area (Å²) >= 11 is 1.27. The van der Waals surface area contributed by atoms with Crippen LogP contribution in [0.15, 0.2) is 24.3 Å². The highest BCUT2D eigenvalue weighted by Crippen LogP contribution is 2.31. The molecule has 0 radical (unpaired) electrons. The fourth-order valence-corrected chi connectivity index (χ4v) is 6.17. The minimum atomic E-state index is -0.998. The predicted molar refractivity (Wildman–Crippen MR) is 144 cm³/mol. The highest BCUT2D eigenvalue weighted by atomic mass is 32.2. The number of likely N-dealkylation sites (N-methyl/N-ethyl adjacent to an activating group) is 1. The molecule has 214 valence electrons. The number of likely N-dealkylation sites (tertiary alicyclic amines) is 1. The topological polar surface area (TPSA) is 138 Å². The average Bonchev–Trinajstić information content (AvgIpc) is 3.26. The number of carbonyl (C=O) groups excluding carboxylic acids is 2. The van der Waals surface area contributed by atoms with Gasteiger partial charge in [-0.2, -0.15) is 0 Å². The molecule has 2 aliphatic rings. The summed E-state index contributed by atoms with van der Waals surface area (Å²) < 4.78 is 16.9. The Morgan fingerprint density at radius 2 is 2.03 bits per heavy atom. The first-order valence-corrected chi connectivity index (χ1v) is 14.3. The number of hydrogen-bond acceptors (Lipinski definition) is 10. The van der Waals surface area contributed by atoms with Crippen LogP contribution in [0.25, 0.3) is 0 Å². The smallest absolute Gasteiger partial charge is 0.338 e. The first-order chi connectivity index (χ1) is 18.1. The Morgan fingerprint density at radius 1 is 1.26 bits per heavy atom. The van der Waals surface area contributed by atoms with Gasteiger partial charge in [-0.3, -0.25) is 9.69 Å². The minimum absolute atomic E-state index is 0.0237. The number of phenols is 1. The zero-order valence-corrected chi connectivity index (χ0v) is 23.4. The molecule has 2 saturated heterocycles. The molecule has 0 saturated carbocycles. The number of ether oxygens (including phenoxy) is 3. The SMILES string of the molecule is CCC[C@@H]1C[C@@H](C(=O)N[C@@H]([C@H]2O[C@H](SCCOC(=O)c3cccc(O)c3)[C@H](O)C[C@H]2O)[C@@H](C)OC)N(C)C1. The van der Waals surface area contributed by atoms with Gasteiger partial charge in [-0.05, 0) is 50.9 Å². The Bertz CT molecular complexity index is 921. The molecule has 0 bridgehead atoms. The number of phenolic OH excluding ortho intramolecular Hbond substituents is 1. The number of rotatable bonds is 12. The molecule has 0 aliphatic carbocycles. The van der Waals surface area contributed by atoms with Gasteiger partial charge in [0.2, 0.25) is 5.91 Å². The maximum atomic E-state index is 13.3. The maximum absolute atomic E-state index is 13.3. The number of hydrogen-bond donors (Lipinski definition) is 4. The van der Waals surface area contributed by atoms with Crippen molar-refractivity contribution in [3.05, 3.63) is 29.8 Å². The molecule has 0 spiro atoms. The van der Waals surface area contributed by atoms with Crippen molar-refractivity contribution in [3.63, 3.8) is 0 Å². The van der Waals surface area contributed by atoms with Gasteiger partial charge in [0.25, 0.3) is 0 Å².